The standard InChI is InChI=1S/C6H12O4/c1-4(7)6(9)3-10-5(2)8/h4,6-7,9H,3H2,1-2H3. The number of esters is 1. The second-order valence-corrected chi connectivity index (χ2v) is 2.11. The molecule has 0 rings (SSSR count). The minimum atomic E-state index is -0.983. The molecule has 2 unspecified atom stereocenters. The first kappa shape index (κ1) is 9.39. The zero-order valence-corrected chi connectivity index (χ0v) is 6.07. The van der Waals surface area contributed by atoms with Crippen LogP contribution in [0.3, 0.4) is 0 Å². The maximum absolute atomic E-state index is 10.2. The van der Waals surface area contributed by atoms with Gasteiger partial charge in [-0.2, -0.15) is 0 Å². The zero-order chi connectivity index (χ0) is 8.15. The molecule has 0 fully saturated rings. The molecule has 2 atom stereocenters. The third-order valence-electron chi connectivity index (χ3n) is 1.01. The molecule has 60 valence electrons. The largest absolute Gasteiger partial charge is 0.463 e. The van der Waals surface area contributed by atoms with E-state index in [1.54, 1.807) is 0 Å². The summed E-state index contributed by atoms with van der Waals surface area (Å²) in [4.78, 5) is 10.2. The minimum Gasteiger partial charge on any atom is -0.463 e. The van der Waals surface area contributed by atoms with E-state index in [0.29, 0.717) is 0 Å². The Morgan fingerprint density at radius 2 is 2.10 bits per heavy atom. The van der Waals surface area contributed by atoms with Crippen LogP contribution in [0.15, 0.2) is 0 Å². The average Bonchev–Trinajstić information content (AvgIpc) is 1.82. The average molecular weight is 148 g/mol. The van der Waals surface area contributed by atoms with Gasteiger partial charge in [0.1, 0.15) is 12.7 Å². The quantitative estimate of drug-likeness (QED) is 0.519. The summed E-state index contributed by atoms with van der Waals surface area (Å²) in [7, 11) is 0. The third kappa shape index (κ3) is 4.29. The van der Waals surface area contributed by atoms with Crippen LogP contribution in [0.5, 0.6) is 0 Å². The highest BCUT2D eigenvalue weighted by Crippen LogP contribution is 1.92. The van der Waals surface area contributed by atoms with E-state index >= 15 is 0 Å². The van der Waals surface area contributed by atoms with Crippen LogP contribution >= 0.6 is 0 Å². The number of carbonyl (C=O) groups is 1. The zero-order valence-electron chi connectivity index (χ0n) is 6.07. The summed E-state index contributed by atoms with van der Waals surface area (Å²) in [5.41, 5.74) is 0. The Morgan fingerprint density at radius 1 is 1.60 bits per heavy atom. The van der Waals surface area contributed by atoms with Gasteiger partial charge in [0.05, 0.1) is 6.10 Å². The van der Waals surface area contributed by atoms with Crippen LogP contribution < -0.4 is 0 Å². The predicted octanol–water partition coefficient (Wildman–Crippen LogP) is -0.709. The first-order valence-electron chi connectivity index (χ1n) is 3.03. The van der Waals surface area contributed by atoms with Gasteiger partial charge in [-0.15, -0.1) is 0 Å². The predicted molar refractivity (Wildman–Crippen MR) is 34.3 cm³/mol. The summed E-state index contributed by atoms with van der Waals surface area (Å²) in [6.45, 7) is 2.52. The first-order valence-corrected chi connectivity index (χ1v) is 3.03. The van der Waals surface area contributed by atoms with Gasteiger partial charge in [-0.1, -0.05) is 0 Å². The molecule has 0 heterocycles. The molecule has 0 spiro atoms. The van der Waals surface area contributed by atoms with Crippen LogP contribution in [0.1, 0.15) is 13.8 Å². The smallest absolute Gasteiger partial charge is 0.302 e. The van der Waals surface area contributed by atoms with Crippen LogP contribution in [0.4, 0.5) is 0 Å². The van der Waals surface area contributed by atoms with E-state index in [0.717, 1.165) is 0 Å². The van der Waals surface area contributed by atoms with Gasteiger partial charge in [-0.3, -0.25) is 4.79 Å². The maximum Gasteiger partial charge on any atom is 0.302 e. The van der Waals surface area contributed by atoms with E-state index in [-0.39, 0.29) is 6.61 Å². The molecule has 4 heteroatoms. The van der Waals surface area contributed by atoms with Crippen molar-refractivity contribution in [2.75, 3.05) is 6.61 Å². The highest BCUT2D eigenvalue weighted by Gasteiger charge is 2.11. The van der Waals surface area contributed by atoms with Crippen molar-refractivity contribution in [2.45, 2.75) is 26.1 Å². The lowest BCUT2D eigenvalue weighted by Crippen LogP contribution is -2.28. The highest BCUT2D eigenvalue weighted by molar-refractivity contribution is 5.65. The topological polar surface area (TPSA) is 66.8 Å². The molecule has 10 heavy (non-hydrogen) atoms. The summed E-state index contributed by atoms with van der Waals surface area (Å²) in [5, 5.41) is 17.5. The second-order valence-electron chi connectivity index (χ2n) is 2.11. The molecule has 0 bridgehead atoms. The van der Waals surface area contributed by atoms with Crippen molar-refractivity contribution in [2.24, 2.45) is 0 Å². The molecule has 0 radical (unpaired) electrons. The van der Waals surface area contributed by atoms with E-state index in [9.17, 15) is 4.79 Å². The number of ether oxygens (including phenoxy) is 1. The fraction of sp³-hybridized carbons (Fsp3) is 0.833. The van der Waals surface area contributed by atoms with Gasteiger partial charge >= 0.3 is 5.97 Å². The van der Waals surface area contributed by atoms with Crippen LogP contribution in [0.25, 0.3) is 0 Å². The van der Waals surface area contributed by atoms with Gasteiger partial charge in [-0.05, 0) is 6.92 Å². The molecule has 0 aliphatic rings. The van der Waals surface area contributed by atoms with E-state index < -0.39 is 18.2 Å². The van der Waals surface area contributed by atoms with E-state index in [1.807, 2.05) is 0 Å². The van der Waals surface area contributed by atoms with Gasteiger partial charge in [0.15, 0.2) is 0 Å². The molecule has 0 aliphatic carbocycles. The SMILES string of the molecule is CC(=O)OCC(O)C(C)O. The van der Waals surface area contributed by atoms with Crippen molar-refractivity contribution in [1.29, 1.82) is 0 Å². The normalized spacial score (nSPS) is 16.0. The molecule has 2 N–H and O–H groups in total. The second kappa shape index (κ2) is 4.24. The molecule has 0 saturated carbocycles. The minimum absolute atomic E-state index is 0.146. The number of hydrogen-bond donors (Lipinski definition) is 2. The van der Waals surface area contributed by atoms with Crippen molar-refractivity contribution in [1.82, 2.24) is 0 Å². The summed E-state index contributed by atoms with van der Waals surface area (Å²) in [6, 6.07) is 0. The Labute approximate surface area is 59.4 Å². The van der Waals surface area contributed by atoms with Gasteiger partial charge in [0.2, 0.25) is 0 Å². The molecular formula is C6H12O4. The van der Waals surface area contributed by atoms with Gasteiger partial charge in [0, 0.05) is 6.92 Å². The summed E-state index contributed by atoms with van der Waals surface area (Å²) >= 11 is 0. The highest BCUT2D eigenvalue weighted by atomic mass is 16.5. The van der Waals surface area contributed by atoms with Crippen molar-refractivity contribution in [3.63, 3.8) is 0 Å². The van der Waals surface area contributed by atoms with Gasteiger partial charge in [-0.25, -0.2) is 0 Å². The lowest BCUT2D eigenvalue weighted by Gasteiger charge is -2.12. The van der Waals surface area contributed by atoms with Gasteiger partial charge < -0.3 is 14.9 Å². The van der Waals surface area contributed by atoms with Crippen LogP contribution in [0.2, 0.25) is 0 Å². The van der Waals surface area contributed by atoms with Crippen molar-refractivity contribution >= 4 is 5.97 Å². The number of carbonyl (C=O) groups excluding carboxylic acids is 1. The molecule has 0 saturated heterocycles. The lowest BCUT2D eigenvalue weighted by molar-refractivity contribution is -0.145. The van der Waals surface area contributed by atoms with E-state index in [1.165, 1.54) is 13.8 Å². The number of hydrogen-bond acceptors (Lipinski definition) is 4. The number of aliphatic hydroxyl groups excluding tert-OH is 2. The first-order chi connectivity index (χ1) is 4.54. The molecule has 0 aromatic carbocycles. The Hall–Kier alpha value is -0.610. The molecule has 4 nitrogen and oxygen atoms in total. The monoisotopic (exact) mass is 148 g/mol. The molecule has 0 aromatic rings. The molecule has 0 aliphatic heterocycles. The van der Waals surface area contributed by atoms with Crippen molar-refractivity contribution in [3.8, 4) is 0 Å². The Balaban J connectivity index is 3.39. The summed E-state index contributed by atoms with van der Waals surface area (Å²) < 4.78 is 4.42. The van der Waals surface area contributed by atoms with Crippen LogP contribution in [0, 0.1) is 0 Å². The van der Waals surface area contributed by atoms with Crippen molar-refractivity contribution in [3.05, 3.63) is 0 Å². The molecular weight excluding hydrogens is 136 g/mol. The summed E-state index contributed by atoms with van der Waals surface area (Å²) in [5.74, 6) is -0.459. The fourth-order valence-corrected chi connectivity index (χ4v) is 0.342. The lowest BCUT2D eigenvalue weighted by atomic mass is 10.2. The Morgan fingerprint density at radius 3 is 2.40 bits per heavy atom. The Kier molecular flexibility index (Phi) is 3.99. The molecule has 0 aromatic heterocycles. The van der Waals surface area contributed by atoms with Crippen LogP contribution in [-0.4, -0.2) is 35.0 Å². The van der Waals surface area contributed by atoms with E-state index in [2.05, 4.69) is 4.74 Å². The summed E-state index contributed by atoms with van der Waals surface area (Å²) in [6.07, 6.45) is -1.84. The fourth-order valence-electron chi connectivity index (χ4n) is 0.342. The number of rotatable bonds is 3. The van der Waals surface area contributed by atoms with Crippen molar-refractivity contribution < 1.29 is 19.7 Å². The number of aliphatic hydroxyl groups is 2. The van der Waals surface area contributed by atoms with Gasteiger partial charge in [0.25, 0.3) is 0 Å². The molecule has 0 amide bonds. The van der Waals surface area contributed by atoms with Crippen LogP contribution in [-0.2, 0) is 9.53 Å². The van der Waals surface area contributed by atoms with E-state index in [4.69, 9.17) is 10.2 Å². The third-order valence-corrected chi connectivity index (χ3v) is 1.01. The Bertz CT molecular complexity index is 110. The maximum atomic E-state index is 10.2.